The molecule has 0 fully saturated rings. The van der Waals surface area contributed by atoms with Crippen molar-refractivity contribution in [2.45, 2.75) is 13.8 Å². The molecule has 2 amide bonds. The maximum absolute atomic E-state index is 12.6. The van der Waals surface area contributed by atoms with Crippen LogP contribution in [0, 0.1) is 13.8 Å². The Morgan fingerprint density at radius 2 is 1.56 bits per heavy atom. The Bertz CT molecular complexity index is 2120. The van der Waals surface area contributed by atoms with Crippen molar-refractivity contribution in [3.05, 3.63) is 106 Å². The van der Waals surface area contributed by atoms with Gasteiger partial charge in [-0.25, -0.2) is 4.79 Å². The smallest absolute Gasteiger partial charge is 0.336 e. The van der Waals surface area contributed by atoms with E-state index in [1.807, 2.05) is 44.2 Å². The molecule has 52 heavy (non-hydrogen) atoms. The number of aromatic hydroxyl groups is 1. The number of nitrogens with one attached hydrogen (secondary N) is 3. The van der Waals surface area contributed by atoms with Crippen LogP contribution >= 0.6 is 0 Å². The van der Waals surface area contributed by atoms with E-state index in [9.17, 15) is 24.6 Å². The van der Waals surface area contributed by atoms with Crippen LogP contribution in [0.3, 0.4) is 0 Å². The molecule has 0 atom stereocenters. The second-order valence-electron chi connectivity index (χ2n) is 12.0. The predicted molar refractivity (Wildman–Crippen MR) is 199 cm³/mol. The fourth-order valence-electron chi connectivity index (χ4n) is 5.68. The Morgan fingerprint density at radius 1 is 0.846 bits per heavy atom. The molecular weight excluding hydrogens is 664 g/mol. The monoisotopic (exact) mass is 706 g/mol. The Balaban J connectivity index is 1.10. The Kier molecular flexibility index (Phi) is 12.8. The average molecular weight is 707 g/mol. The molecule has 5 N–H and O–H groups in total. The number of phenols is 1. The number of amides is 2. The molecule has 0 spiro atoms. The van der Waals surface area contributed by atoms with Crippen LogP contribution in [-0.4, -0.2) is 81.1 Å². The average Bonchev–Trinajstić information content (AvgIpc) is 3.13. The molecule has 3 aromatic carbocycles. The number of hydrogen-bond acceptors (Lipinski definition) is 9. The van der Waals surface area contributed by atoms with Crippen molar-refractivity contribution in [2.24, 2.45) is 4.99 Å². The standard InChI is InChI=1S/C40H42N4O8/c1-25-20-31-35(22-33(25)41-3)52-36-23-34(26(2)21-32(36)39(31)29-6-4-5-7-30(29)40(48)49)44-24-38(47)43-15-17-51-19-18-50-16-14-42-37(46)13-10-27-8-11-28(45)12-9-27/h4-13,20-23,44-45H,14-19,24H2,1-3H3,(H,42,46)(H,43,47)(H,48,49)/b13-10+,41-33?. The maximum Gasteiger partial charge on any atom is 0.336 e. The summed E-state index contributed by atoms with van der Waals surface area (Å²) in [4.78, 5) is 41.1. The summed E-state index contributed by atoms with van der Waals surface area (Å²) in [6.45, 7) is 5.87. The number of fused-ring (bicyclic) bond motifs is 2. The molecule has 2 aliphatic rings. The van der Waals surface area contributed by atoms with Crippen molar-refractivity contribution in [2.75, 3.05) is 58.4 Å². The lowest BCUT2D eigenvalue weighted by molar-refractivity contribution is -0.119. The minimum atomic E-state index is -1.02. The molecule has 0 saturated heterocycles. The summed E-state index contributed by atoms with van der Waals surface area (Å²) in [5.74, 6) is -0.758. The van der Waals surface area contributed by atoms with Crippen LogP contribution in [0.25, 0.3) is 39.5 Å². The van der Waals surface area contributed by atoms with Crippen molar-refractivity contribution < 1.29 is 38.5 Å². The van der Waals surface area contributed by atoms with E-state index in [1.54, 1.807) is 55.6 Å². The van der Waals surface area contributed by atoms with Gasteiger partial charge in [-0.3, -0.25) is 14.6 Å². The summed E-state index contributed by atoms with van der Waals surface area (Å²) in [5.41, 5.74) is 6.12. The van der Waals surface area contributed by atoms with Crippen LogP contribution in [0.4, 0.5) is 5.69 Å². The molecule has 5 rings (SSSR count). The number of carbonyl (C=O) groups is 3. The summed E-state index contributed by atoms with van der Waals surface area (Å²) in [6.07, 6.45) is 3.07. The van der Waals surface area contributed by atoms with Gasteiger partial charge < -0.3 is 40.1 Å². The normalized spacial score (nSPS) is 11.7. The highest BCUT2D eigenvalue weighted by Crippen LogP contribution is 2.42. The number of ether oxygens (including phenoxy) is 2. The Hall–Kier alpha value is -5.98. The summed E-state index contributed by atoms with van der Waals surface area (Å²) < 4.78 is 17.4. The number of hydrogen-bond donors (Lipinski definition) is 5. The number of phenolic OH excluding ortho intramolecular Hbond substituents is 1. The van der Waals surface area contributed by atoms with Crippen molar-refractivity contribution in [3.8, 4) is 28.2 Å². The summed E-state index contributed by atoms with van der Waals surface area (Å²) in [5, 5.41) is 29.6. The van der Waals surface area contributed by atoms with Crippen molar-refractivity contribution in [3.63, 3.8) is 0 Å². The fraction of sp³-hybridized carbons (Fsp3) is 0.250. The Labute approximate surface area is 301 Å². The zero-order valence-corrected chi connectivity index (χ0v) is 29.3. The van der Waals surface area contributed by atoms with E-state index in [4.69, 9.17) is 13.9 Å². The van der Waals surface area contributed by atoms with Gasteiger partial charge in [0.1, 0.15) is 17.1 Å². The van der Waals surface area contributed by atoms with Crippen LogP contribution in [-0.2, 0) is 19.1 Å². The number of carbonyl (C=O) groups excluding carboxylic acids is 2. The molecule has 0 bridgehead atoms. The molecule has 12 heteroatoms. The van der Waals surface area contributed by atoms with Crippen molar-refractivity contribution in [1.82, 2.24) is 10.6 Å². The zero-order chi connectivity index (χ0) is 37.0. The molecule has 3 aromatic rings. The second-order valence-corrected chi connectivity index (χ2v) is 12.0. The first-order chi connectivity index (χ1) is 25.1. The highest BCUT2D eigenvalue weighted by molar-refractivity contribution is 6.08. The van der Waals surface area contributed by atoms with Crippen molar-refractivity contribution >= 4 is 40.5 Å². The number of benzene rings is 4. The fourth-order valence-corrected chi connectivity index (χ4v) is 5.68. The van der Waals surface area contributed by atoms with Gasteiger partial charge in [0.2, 0.25) is 11.8 Å². The van der Waals surface area contributed by atoms with E-state index in [1.165, 1.54) is 6.08 Å². The number of aryl methyl sites for hydroxylation is 2. The van der Waals surface area contributed by atoms with Gasteiger partial charge in [-0.15, -0.1) is 0 Å². The maximum atomic E-state index is 12.6. The van der Waals surface area contributed by atoms with Crippen LogP contribution < -0.4 is 21.3 Å². The van der Waals surface area contributed by atoms with Gasteiger partial charge in [0, 0.05) is 60.5 Å². The molecule has 1 heterocycles. The van der Waals surface area contributed by atoms with E-state index in [0.717, 1.165) is 38.6 Å². The van der Waals surface area contributed by atoms with Gasteiger partial charge in [-0.05, 0) is 72.5 Å². The topological polar surface area (TPSA) is 172 Å². The summed E-state index contributed by atoms with van der Waals surface area (Å²) in [7, 11) is 1.71. The van der Waals surface area contributed by atoms with E-state index in [0.29, 0.717) is 62.1 Å². The lowest BCUT2D eigenvalue weighted by Gasteiger charge is -2.19. The number of rotatable bonds is 16. The lowest BCUT2D eigenvalue weighted by Crippen LogP contribution is -2.32. The number of nitrogens with zero attached hydrogens (tertiary/aromatic N) is 1. The molecule has 12 nitrogen and oxygen atoms in total. The van der Waals surface area contributed by atoms with Crippen LogP contribution in [0.1, 0.15) is 27.0 Å². The molecule has 0 saturated carbocycles. The van der Waals surface area contributed by atoms with Gasteiger partial charge >= 0.3 is 5.97 Å². The first-order valence-corrected chi connectivity index (χ1v) is 16.8. The van der Waals surface area contributed by atoms with Crippen LogP contribution in [0.2, 0.25) is 0 Å². The van der Waals surface area contributed by atoms with Crippen LogP contribution in [0.15, 0.2) is 88.3 Å². The minimum Gasteiger partial charge on any atom is -0.508 e. The first-order valence-electron chi connectivity index (χ1n) is 16.8. The second kappa shape index (κ2) is 17.8. The number of anilines is 1. The predicted octanol–water partition coefficient (Wildman–Crippen LogP) is 5.15. The van der Waals surface area contributed by atoms with Crippen LogP contribution in [0.5, 0.6) is 5.75 Å². The van der Waals surface area contributed by atoms with Gasteiger partial charge in [0.15, 0.2) is 0 Å². The third-order valence-electron chi connectivity index (χ3n) is 8.30. The number of carboxylic acid groups (broad SMARTS) is 1. The van der Waals surface area contributed by atoms with Gasteiger partial charge in [0.05, 0.1) is 43.9 Å². The quantitative estimate of drug-likeness (QED) is 0.0529. The SMILES string of the molecule is CN=c1cc2oc3cc(NCC(=O)NCCOCCOCCNC(=O)/C=C/c4ccc(O)cc4)c(C)cc3c(-c3ccccc3C(=O)O)c-2cc1C. The highest BCUT2D eigenvalue weighted by atomic mass is 16.5. The molecule has 270 valence electrons. The van der Waals surface area contributed by atoms with E-state index < -0.39 is 5.97 Å². The van der Waals surface area contributed by atoms with Gasteiger partial charge in [-0.1, -0.05) is 30.3 Å². The highest BCUT2D eigenvalue weighted by Gasteiger charge is 2.22. The largest absolute Gasteiger partial charge is 0.508 e. The summed E-state index contributed by atoms with van der Waals surface area (Å²) in [6, 6.07) is 21.0. The zero-order valence-electron chi connectivity index (χ0n) is 29.3. The minimum absolute atomic E-state index is 0.0195. The number of carboxylic acids is 1. The molecule has 0 radical (unpaired) electrons. The van der Waals surface area contributed by atoms with Crippen molar-refractivity contribution in [1.29, 1.82) is 0 Å². The number of aromatic carboxylic acids is 1. The third kappa shape index (κ3) is 9.62. The summed E-state index contributed by atoms with van der Waals surface area (Å²) >= 11 is 0. The molecule has 1 aliphatic carbocycles. The Morgan fingerprint density at radius 3 is 2.27 bits per heavy atom. The van der Waals surface area contributed by atoms with Gasteiger partial charge in [-0.2, -0.15) is 0 Å². The lowest BCUT2D eigenvalue weighted by atomic mass is 9.89. The molecular formula is C40H42N4O8. The van der Waals surface area contributed by atoms with E-state index >= 15 is 0 Å². The first kappa shape index (κ1) is 37.3. The molecule has 0 aromatic heterocycles. The van der Waals surface area contributed by atoms with E-state index in [-0.39, 0.29) is 29.7 Å². The third-order valence-corrected chi connectivity index (χ3v) is 8.30. The van der Waals surface area contributed by atoms with Gasteiger partial charge in [0.25, 0.3) is 0 Å². The van der Waals surface area contributed by atoms with E-state index in [2.05, 4.69) is 20.9 Å². The molecule has 1 aliphatic heterocycles. The molecule has 0 unspecified atom stereocenters.